The normalized spacial score (nSPS) is 29.5. The summed E-state index contributed by atoms with van der Waals surface area (Å²) in [6.45, 7) is 0. The third kappa shape index (κ3) is 1.16. The van der Waals surface area contributed by atoms with E-state index in [-0.39, 0.29) is 11.8 Å². The number of hydrogen-bond donors (Lipinski definition) is 0. The van der Waals surface area contributed by atoms with Gasteiger partial charge in [0.2, 0.25) is 0 Å². The van der Waals surface area contributed by atoms with Crippen LogP contribution in [0.2, 0.25) is 0 Å². The maximum atomic E-state index is 9.30. The number of rotatable bonds is 0. The van der Waals surface area contributed by atoms with Gasteiger partial charge in [-0.2, -0.15) is 10.5 Å². The van der Waals surface area contributed by atoms with E-state index in [1.165, 1.54) is 21.9 Å². The summed E-state index contributed by atoms with van der Waals surface area (Å²) in [7, 11) is 0. The average Bonchev–Trinajstić information content (AvgIpc) is 3.21. The van der Waals surface area contributed by atoms with Crippen LogP contribution in [0.25, 0.3) is 10.8 Å². The highest BCUT2D eigenvalue weighted by atomic mass is 14.6. The Morgan fingerprint density at radius 3 is 1.86 bits per heavy atom. The quantitative estimate of drug-likeness (QED) is 0.537. The fourth-order valence-corrected chi connectivity index (χ4v) is 4.96. The summed E-state index contributed by atoms with van der Waals surface area (Å²) in [5.74, 6) is 1.20. The Kier molecular flexibility index (Phi) is 2.07. The molecule has 0 N–H and O–H groups in total. The minimum Gasteiger partial charge on any atom is -0.192 e. The lowest BCUT2D eigenvalue weighted by atomic mass is 9.81. The number of nitriles is 2. The standard InChI is InChI=1S/C20H12N2/c21-9-12(10-22)18-15-7-8-16(18)20-14-6-2-4-11-3-1-5-13(17(11)14)19(15)20/h1-8,15-16,19-20H/t15-,16+,19-,20+. The van der Waals surface area contributed by atoms with Gasteiger partial charge in [0, 0.05) is 23.7 Å². The highest BCUT2D eigenvalue weighted by molar-refractivity contribution is 5.93. The maximum absolute atomic E-state index is 9.30. The molecular weight excluding hydrogens is 268 g/mol. The number of fused-ring (bicyclic) bond motifs is 7. The maximum Gasteiger partial charge on any atom is 0.130 e. The van der Waals surface area contributed by atoms with Crippen molar-refractivity contribution in [3.8, 4) is 12.1 Å². The van der Waals surface area contributed by atoms with Crippen molar-refractivity contribution in [2.45, 2.75) is 11.8 Å². The predicted molar refractivity (Wildman–Crippen MR) is 83.8 cm³/mol. The van der Waals surface area contributed by atoms with Crippen molar-refractivity contribution in [2.24, 2.45) is 11.8 Å². The van der Waals surface area contributed by atoms with E-state index in [2.05, 4.69) is 60.7 Å². The largest absolute Gasteiger partial charge is 0.192 e. The van der Waals surface area contributed by atoms with Gasteiger partial charge >= 0.3 is 0 Å². The zero-order chi connectivity index (χ0) is 14.8. The summed E-state index contributed by atoms with van der Waals surface area (Å²) in [5, 5.41) is 21.3. The van der Waals surface area contributed by atoms with Crippen molar-refractivity contribution < 1.29 is 0 Å². The fourth-order valence-electron chi connectivity index (χ4n) is 4.96. The number of benzene rings is 2. The van der Waals surface area contributed by atoms with Crippen molar-refractivity contribution in [2.75, 3.05) is 0 Å². The number of allylic oxidation sites excluding steroid dienone is 4. The van der Waals surface area contributed by atoms with E-state index in [9.17, 15) is 10.5 Å². The Bertz CT molecular complexity index is 908. The molecule has 1 saturated carbocycles. The number of nitrogens with zero attached hydrogens (tertiary/aromatic N) is 2. The molecule has 2 nitrogen and oxygen atoms in total. The molecule has 22 heavy (non-hydrogen) atoms. The van der Waals surface area contributed by atoms with Gasteiger partial charge in [0.15, 0.2) is 0 Å². The van der Waals surface area contributed by atoms with Crippen LogP contribution in [0.3, 0.4) is 0 Å². The molecule has 2 aromatic rings. The third-order valence-corrected chi connectivity index (χ3v) is 5.60. The van der Waals surface area contributed by atoms with Crippen molar-refractivity contribution in [1.82, 2.24) is 0 Å². The van der Waals surface area contributed by atoms with E-state index in [1.807, 2.05) is 0 Å². The highest BCUT2D eigenvalue weighted by Gasteiger charge is 2.54. The minimum atomic E-state index is 0.210. The van der Waals surface area contributed by atoms with E-state index >= 15 is 0 Å². The van der Waals surface area contributed by atoms with Gasteiger partial charge in [-0.15, -0.1) is 0 Å². The van der Waals surface area contributed by atoms with Crippen LogP contribution in [0, 0.1) is 34.5 Å². The van der Waals surface area contributed by atoms with Gasteiger partial charge in [-0.3, -0.25) is 0 Å². The summed E-state index contributed by atoms with van der Waals surface area (Å²) in [6, 6.07) is 17.3. The molecule has 0 unspecified atom stereocenters. The second-order valence-electron chi connectivity index (χ2n) is 6.33. The molecular formula is C20H12N2. The molecule has 0 aliphatic heterocycles. The summed E-state index contributed by atoms with van der Waals surface area (Å²) in [5.41, 5.74) is 4.15. The lowest BCUT2D eigenvalue weighted by Crippen LogP contribution is -2.10. The van der Waals surface area contributed by atoms with Gasteiger partial charge in [0.1, 0.15) is 17.7 Å². The van der Waals surface area contributed by atoms with Crippen LogP contribution in [0.15, 0.2) is 59.7 Å². The summed E-state index contributed by atoms with van der Waals surface area (Å²) in [6.07, 6.45) is 4.42. The first kappa shape index (κ1) is 11.8. The Labute approximate surface area is 128 Å². The van der Waals surface area contributed by atoms with Crippen LogP contribution < -0.4 is 0 Å². The lowest BCUT2D eigenvalue weighted by molar-refractivity contribution is 0.532. The molecule has 0 amide bonds. The first-order chi connectivity index (χ1) is 10.8. The first-order valence-electron chi connectivity index (χ1n) is 7.59. The first-order valence-corrected chi connectivity index (χ1v) is 7.59. The van der Waals surface area contributed by atoms with Gasteiger partial charge in [0.25, 0.3) is 0 Å². The molecule has 0 radical (unpaired) electrons. The second-order valence-corrected chi connectivity index (χ2v) is 6.33. The van der Waals surface area contributed by atoms with Gasteiger partial charge in [-0.25, -0.2) is 0 Å². The molecule has 0 heterocycles. The van der Waals surface area contributed by atoms with Crippen LogP contribution in [0.5, 0.6) is 0 Å². The molecule has 4 atom stereocenters. The lowest BCUT2D eigenvalue weighted by Gasteiger charge is -2.21. The molecule has 5 rings (SSSR count). The van der Waals surface area contributed by atoms with E-state index in [1.54, 1.807) is 0 Å². The number of hydrogen-bond acceptors (Lipinski definition) is 2. The van der Waals surface area contributed by atoms with Gasteiger partial charge in [0.05, 0.1) is 0 Å². The van der Waals surface area contributed by atoms with Gasteiger partial charge in [-0.05, 0) is 27.5 Å². The molecule has 3 aliphatic rings. The molecule has 3 aliphatic carbocycles. The molecule has 2 bridgehead atoms. The third-order valence-electron chi connectivity index (χ3n) is 5.60. The Morgan fingerprint density at radius 1 is 0.818 bits per heavy atom. The molecule has 0 spiro atoms. The Hall–Kier alpha value is -2.84. The Morgan fingerprint density at radius 2 is 1.36 bits per heavy atom. The SMILES string of the molecule is N#CC(C#N)=C1[C@H]2C=C[C@@H]1[C@@H]1c3cccc4cccc(c34)[C@@H]12. The second kappa shape index (κ2) is 3.87. The summed E-state index contributed by atoms with van der Waals surface area (Å²) in [4.78, 5) is 0. The Balaban J connectivity index is 1.82. The zero-order valence-corrected chi connectivity index (χ0v) is 11.8. The van der Waals surface area contributed by atoms with Crippen molar-refractivity contribution >= 4 is 10.8 Å². The zero-order valence-electron chi connectivity index (χ0n) is 11.8. The monoisotopic (exact) mass is 280 g/mol. The van der Waals surface area contributed by atoms with Crippen LogP contribution >= 0.6 is 0 Å². The van der Waals surface area contributed by atoms with Crippen LogP contribution in [-0.2, 0) is 0 Å². The minimum absolute atomic E-state index is 0.210. The smallest absolute Gasteiger partial charge is 0.130 e. The van der Waals surface area contributed by atoms with E-state index in [0.29, 0.717) is 17.4 Å². The molecule has 0 aromatic heterocycles. The van der Waals surface area contributed by atoms with E-state index < -0.39 is 0 Å². The summed E-state index contributed by atoms with van der Waals surface area (Å²) < 4.78 is 0. The van der Waals surface area contributed by atoms with Crippen LogP contribution in [0.4, 0.5) is 0 Å². The molecule has 0 saturated heterocycles. The topological polar surface area (TPSA) is 47.6 Å². The van der Waals surface area contributed by atoms with Gasteiger partial charge < -0.3 is 0 Å². The van der Waals surface area contributed by atoms with Gasteiger partial charge in [-0.1, -0.05) is 48.6 Å². The van der Waals surface area contributed by atoms with Crippen molar-refractivity contribution in [1.29, 1.82) is 10.5 Å². The fraction of sp³-hybridized carbons (Fsp3) is 0.200. The van der Waals surface area contributed by atoms with E-state index in [4.69, 9.17) is 0 Å². The molecule has 2 heteroatoms. The van der Waals surface area contributed by atoms with Crippen LogP contribution in [-0.4, -0.2) is 0 Å². The highest BCUT2D eigenvalue weighted by Crippen LogP contribution is 2.65. The van der Waals surface area contributed by atoms with E-state index in [0.717, 1.165) is 5.57 Å². The average molecular weight is 280 g/mol. The van der Waals surface area contributed by atoms with Crippen molar-refractivity contribution in [3.05, 3.63) is 70.8 Å². The molecule has 2 aromatic carbocycles. The summed E-state index contributed by atoms with van der Waals surface area (Å²) >= 11 is 0. The predicted octanol–water partition coefficient (Wildman–Crippen LogP) is 4.18. The van der Waals surface area contributed by atoms with Crippen molar-refractivity contribution in [3.63, 3.8) is 0 Å². The molecule has 1 fully saturated rings. The van der Waals surface area contributed by atoms with Crippen LogP contribution in [0.1, 0.15) is 23.0 Å². The molecule has 102 valence electrons.